The highest BCUT2D eigenvalue weighted by atomic mass is 35.5. The summed E-state index contributed by atoms with van der Waals surface area (Å²) in [6, 6.07) is 16.6. The molecule has 1 aromatic heterocycles. The number of anilines is 2. The fourth-order valence-electron chi connectivity index (χ4n) is 2.14. The van der Waals surface area contributed by atoms with Gasteiger partial charge < -0.3 is 5.32 Å². The minimum Gasteiger partial charge on any atom is -0.308 e. The van der Waals surface area contributed by atoms with Gasteiger partial charge in [-0.05, 0) is 29.8 Å². The second-order valence-corrected chi connectivity index (χ2v) is 6.61. The van der Waals surface area contributed by atoms with Crippen molar-refractivity contribution in [1.29, 1.82) is 0 Å². The van der Waals surface area contributed by atoms with E-state index in [0.29, 0.717) is 15.8 Å². The van der Waals surface area contributed by atoms with E-state index in [1.807, 2.05) is 30.3 Å². The molecule has 2 N–H and O–H groups in total. The third kappa shape index (κ3) is 4.10. The standard InChI is InChI=1S/C17H15ClN4OS/c1-11(12-5-3-2-4-6-12)15-21-22-17(24-15)20-16(23)19-14-9-7-13(18)8-10-14/h2-11H,1H3,(H2,19,20,22,23). The maximum absolute atomic E-state index is 12.0. The third-order valence-electron chi connectivity index (χ3n) is 3.43. The summed E-state index contributed by atoms with van der Waals surface area (Å²) in [6.07, 6.45) is 0. The van der Waals surface area contributed by atoms with E-state index in [4.69, 9.17) is 11.6 Å². The number of rotatable bonds is 4. The van der Waals surface area contributed by atoms with Gasteiger partial charge in [-0.25, -0.2) is 4.79 Å². The monoisotopic (exact) mass is 358 g/mol. The average Bonchev–Trinajstić information content (AvgIpc) is 3.05. The number of carbonyl (C=O) groups is 1. The molecule has 122 valence electrons. The molecule has 5 nitrogen and oxygen atoms in total. The molecule has 7 heteroatoms. The predicted octanol–water partition coefficient (Wildman–Crippen LogP) is 4.99. The Kier molecular flexibility index (Phi) is 5.08. The lowest BCUT2D eigenvalue weighted by Gasteiger charge is -2.07. The topological polar surface area (TPSA) is 66.9 Å². The molecule has 0 saturated carbocycles. The molecule has 2 aromatic carbocycles. The maximum Gasteiger partial charge on any atom is 0.325 e. The zero-order chi connectivity index (χ0) is 16.9. The van der Waals surface area contributed by atoms with Crippen LogP contribution in [0.5, 0.6) is 0 Å². The van der Waals surface area contributed by atoms with Gasteiger partial charge in [-0.15, -0.1) is 10.2 Å². The van der Waals surface area contributed by atoms with Crippen molar-refractivity contribution in [2.75, 3.05) is 10.6 Å². The van der Waals surface area contributed by atoms with Crippen LogP contribution in [0.2, 0.25) is 5.02 Å². The zero-order valence-corrected chi connectivity index (χ0v) is 14.4. The van der Waals surface area contributed by atoms with E-state index in [2.05, 4.69) is 27.8 Å². The molecule has 0 aliphatic carbocycles. The van der Waals surface area contributed by atoms with E-state index in [0.717, 1.165) is 10.6 Å². The number of amides is 2. The lowest BCUT2D eigenvalue weighted by Crippen LogP contribution is -2.19. The van der Waals surface area contributed by atoms with Crippen LogP contribution in [0.3, 0.4) is 0 Å². The van der Waals surface area contributed by atoms with E-state index in [1.54, 1.807) is 24.3 Å². The van der Waals surface area contributed by atoms with Gasteiger partial charge in [-0.3, -0.25) is 5.32 Å². The summed E-state index contributed by atoms with van der Waals surface area (Å²) < 4.78 is 0. The van der Waals surface area contributed by atoms with Crippen LogP contribution in [-0.2, 0) is 0 Å². The lowest BCUT2D eigenvalue weighted by atomic mass is 10.0. The quantitative estimate of drug-likeness (QED) is 0.690. The Hall–Kier alpha value is -2.44. The van der Waals surface area contributed by atoms with Crippen molar-refractivity contribution in [2.24, 2.45) is 0 Å². The Bertz CT molecular complexity index is 820. The molecule has 0 fully saturated rings. The molecule has 0 saturated heterocycles. The normalized spacial score (nSPS) is 11.8. The van der Waals surface area contributed by atoms with Gasteiger partial charge in [0.1, 0.15) is 5.01 Å². The molecule has 1 heterocycles. The first-order chi connectivity index (χ1) is 11.6. The highest BCUT2D eigenvalue weighted by Gasteiger charge is 2.15. The van der Waals surface area contributed by atoms with Crippen LogP contribution in [0.4, 0.5) is 15.6 Å². The van der Waals surface area contributed by atoms with Crippen molar-refractivity contribution in [3.8, 4) is 0 Å². The lowest BCUT2D eigenvalue weighted by molar-refractivity contribution is 0.262. The molecule has 1 unspecified atom stereocenters. The number of hydrogen-bond donors (Lipinski definition) is 2. The summed E-state index contributed by atoms with van der Waals surface area (Å²) in [6.45, 7) is 2.06. The van der Waals surface area contributed by atoms with Crippen LogP contribution < -0.4 is 10.6 Å². The number of carbonyl (C=O) groups excluding carboxylic acids is 1. The highest BCUT2D eigenvalue weighted by molar-refractivity contribution is 7.15. The van der Waals surface area contributed by atoms with Gasteiger partial charge in [0.25, 0.3) is 0 Å². The maximum atomic E-state index is 12.0. The van der Waals surface area contributed by atoms with Crippen LogP contribution >= 0.6 is 22.9 Å². The van der Waals surface area contributed by atoms with Crippen LogP contribution in [0.1, 0.15) is 23.4 Å². The summed E-state index contributed by atoms with van der Waals surface area (Å²) in [5.41, 5.74) is 1.81. The summed E-state index contributed by atoms with van der Waals surface area (Å²) in [7, 11) is 0. The summed E-state index contributed by atoms with van der Waals surface area (Å²) in [5, 5.41) is 15.5. The van der Waals surface area contributed by atoms with E-state index < -0.39 is 0 Å². The van der Waals surface area contributed by atoms with Crippen molar-refractivity contribution in [2.45, 2.75) is 12.8 Å². The minimum absolute atomic E-state index is 0.124. The molecule has 0 radical (unpaired) electrons. The van der Waals surface area contributed by atoms with Gasteiger partial charge in [0.2, 0.25) is 5.13 Å². The van der Waals surface area contributed by atoms with Crippen molar-refractivity contribution >= 4 is 39.8 Å². The molecule has 3 aromatic rings. The Morgan fingerprint density at radius 3 is 2.46 bits per heavy atom. The number of aromatic nitrogens is 2. The molecular weight excluding hydrogens is 344 g/mol. The molecule has 24 heavy (non-hydrogen) atoms. The number of halogens is 1. The molecule has 0 spiro atoms. The Labute approximate surface area is 148 Å². The molecule has 0 aliphatic heterocycles. The van der Waals surface area contributed by atoms with Gasteiger partial charge >= 0.3 is 6.03 Å². The first-order valence-electron chi connectivity index (χ1n) is 7.34. The molecule has 2 amide bonds. The number of urea groups is 1. The van der Waals surface area contributed by atoms with E-state index in [1.165, 1.54) is 11.3 Å². The molecule has 1 atom stereocenters. The second-order valence-electron chi connectivity index (χ2n) is 5.16. The van der Waals surface area contributed by atoms with Gasteiger partial charge in [-0.2, -0.15) is 0 Å². The zero-order valence-electron chi connectivity index (χ0n) is 12.9. The van der Waals surface area contributed by atoms with Crippen LogP contribution in [0, 0.1) is 0 Å². The van der Waals surface area contributed by atoms with E-state index >= 15 is 0 Å². The largest absolute Gasteiger partial charge is 0.325 e. The first-order valence-corrected chi connectivity index (χ1v) is 8.53. The Balaban J connectivity index is 1.63. The van der Waals surface area contributed by atoms with Crippen molar-refractivity contribution < 1.29 is 4.79 Å². The summed E-state index contributed by atoms with van der Waals surface area (Å²) in [4.78, 5) is 12.0. The fourth-order valence-corrected chi connectivity index (χ4v) is 3.08. The summed E-state index contributed by atoms with van der Waals surface area (Å²) in [5.74, 6) is 0.124. The smallest absolute Gasteiger partial charge is 0.308 e. The number of nitrogens with zero attached hydrogens (tertiary/aromatic N) is 2. The van der Waals surface area contributed by atoms with Crippen LogP contribution in [0.25, 0.3) is 0 Å². The number of hydrogen-bond acceptors (Lipinski definition) is 4. The highest BCUT2D eigenvalue weighted by Crippen LogP contribution is 2.28. The van der Waals surface area contributed by atoms with Crippen LogP contribution in [-0.4, -0.2) is 16.2 Å². The van der Waals surface area contributed by atoms with Crippen LogP contribution in [0.15, 0.2) is 54.6 Å². The third-order valence-corrected chi connectivity index (χ3v) is 4.71. The molecule has 0 aliphatic rings. The van der Waals surface area contributed by atoms with Gasteiger partial charge in [-0.1, -0.05) is 60.2 Å². The fraction of sp³-hybridized carbons (Fsp3) is 0.118. The van der Waals surface area contributed by atoms with Gasteiger partial charge in [0, 0.05) is 16.6 Å². The van der Waals surface area contributed by atoms with Gasteiger partial charge in [0.15, 0.2) is 0 Å². The average molecular weight is 359 g/mol. The van der Waals surface area contributed by atoms with Crippen molar-refractivity contribution in [1.82, 2.24) is 10.2 Å². The van der Waals surface area contributed by atoms with Crippen molar-refractivity contribution in [3.05, 3.63) is 70.2 Å². The first kappa shape index (κ1) is 16.4. The predicted molar refractivity (Wildman–Crippen MR) is 98.0 cm³/mol. The van der Waals surface area contributed by atoms with Crippen molar-refractivity contribution in [3.63, 3.8) is 0 Å². The van der Waals surface area contributed by atoms with E-state index in [9.17, 15) is 4.79 Å². The SMILES string of the molecule is CC(c1ccccc1)c1nnc(NC(=O)Nc2ccc(Cl)cc2)s1. The Morgan fingerprint density at radius 1 is 1.04 bits per heavy atom. The molecule has 0 bridgehead atoms. The van der Waals surface area contributed by atoms with Gasteiger partial charge in [0.05, 0.1) is 0 Å². The molecular formula is C17H15ClN4OS. The minimum atomic E-state index is -0.368. The number of nitrogens with one attached hydrogen (secondary N) is 2. The second kappa shape index (κ2) is 7.42. The summed E-state index contributed by atoms with van der Waals surface area (Å²) >= 11 is 7.18. The molecule has 3 rings (SSSR count). The van der Waals surface area contributed by atoms with E-state index in [-0.39, 0.29) is 11.9 Å². The number of benzene rings is 2. The Morgan fingerprint density at radius 2 is 1.75 bits per heavy atom.